The molecule has 1 atom stereocenters. The average molecular weight is 465 g/mol. The number of hydrogen-bond acceptors (Lipinski definition) is 8. The fourth-order valence-corrected chi connectivity index (χ4v) is 3.86. The van der Waals surface area contributed by atoms with Crippen LogP contribution in [0.15, 0.2) is 4.52 Å². The second kappa shape index (κ2) is 12.7. The Morgan fingerprint density at radius 2 is 1.82 bits per heavy atom. The lowest BCUT2D eigenvalue weighted by molar-refractivity contribution is -0.138. The van der Waals surface area contributed by atoms with Gasteiger partial charge in [-0.15, -0.1) is 0 Å². The summed E-state index contributed by atoms with van der Waals surface area (Å²) in [5.74, 6) is 0.946. The van der Waals surface area contributed by atoms with E-state index in [0.717, 1.165) is 18.8 Å². The van der Waals surface area contributed by atoms with Crippen LogP contribution in [-0.2, 0) is 14.3 Å². The number of aromatic nitrogens is 2. The Bertz CT molecular complexity index is 782. The summed E-state index contributed by atoms with van der Waals surface area (Å²) in [6, 6.07) is -0.842. The molecule has 0 unspecified atom stereocenters. The van der Waals surface area contributed by atoms with Crippen LogP contribution in [-0.4, -0.2) is 71.8 Å². The van der Waals surface area contributed by atoms with Gasteiger partial charge in [0.25, 0.3) is 5.91 Å². The summed E-state index contributed by atoms with van der Waals surface area (Å²) in [5.41, 5.74) is 0. The number of amides is 2. The molecule has 0 radical (unpaired) electrons. The van der Waals surface area contributed by atoms with E-state index < -0.39 is 17.9 Å². The summed E-state index contributed by atoms with van der Waals surface area (Å²) in [4.78, 5) is 41.9. The Labute approximate surface area is 194 Å². The van der Waals surface area contributed by atoms with Gasteiger partial charge in [-0.2, -0.15) is 4.98 Å². The van der Waals surface area contributed by atoms with E-state index in [1.165, 1.54) is 32.1 Å². The Morgan fingerprint density at radius 1 is 1.12 bits per heavy atom. The van der Waals surface area contributed by atoms with E-state index in [1.807, 2.05) is 0 Å². The van der Waals surface area contributed by atoms with Crippen molar-refractivity contribution >= 4 is 17.8 Å². The van der Waals surface area contributed by atoms with Crippen LogP contribution in [0.2, 0.25) is 0 Å². The Hall–Kier alpha value is -2.49. The lowest BCUT2D eigenvalue weighted by Gasteiger charge is -2.26. The van der Waals surface area contributed by atoms with E-state index in [9.17, 15) is 14.4 Å². The molecule has 3 fully saturated rings. The molecule has 0 spiro atoms. The number of ketones is 1. The Balaban J connectivity index is 0.000000374. The molecule has 2 saturated carbocycles. The quantitative estimate of drug-likeness (QED) is 0.611. The van der Waals surface area contributed by atoms with Gasteiger partial charge in [0.15, 0.2) is 6.61 Å². The van der Waals surface area contributed by atoms with E-state index in [-0.39, 0.29) is 24.3 Å². The smallest absolute Gasteiger partial charge is 0.408 e. The highest BCUT2D eigenvalue weighted by atomic mass is 16.6. The third-order valence-electron chi connectivity index (χ3n) is 6.19. The third-order valence-corrected chi connectivity index (χ3v) is 6.19. The van der Waals surface area contributed by atoms with Gasteiger partial charge in [0.1, 0.15) is 0 Å². The largest absolute Gasteiger partial charge is 0.439 e. The molecule has 2 amide bonds. The van der Waals surface area contributed by atoms with Gasteiger partial charge in [0.05, 0.1) is 19.3 Å². The number of Topliss-reactive ketones (excluding diaryl/α,β-unsaturated/α-hetero) is 1. The highest BCUT2D eigenvalue weighted by molar-refractivity contribution is 5.98. The number of nitrogens with zero attached hydrogens (tertiary/aromatic N) is 3. The van der Waals surface area contributed by atoms with Crippen molar-refractivity contribution in [2.75, 3.05) is 32.9 Å². The van der Waals surface area contributed by atoms with Crippen molar-refractivity contribution in [2.45, 2.75) is 77.2 Å². The molecule has 184 valence electrons. The molecule has 1 aliphatic heterocycles. The van der Waals surface area contributed by atoms with Gasteiger partial charge in [-0.3, -0.25) is 9.59 Å². The van der Waals surface area contributed by atoms with Gasteiger partial charge in [0, 0.05) is 19.0 Å². The fourth-order valence-electron chi connectivity index (χ4n) is 3.86. The van der Waals surface area contributed by atoms with E-state index >= 15 is 0 Å². The van der Waals surface area contributed by atoms with Crippen LogP contribution in [0.3, 0.4) is 0 Å². The summed E-state index contributed by atoms with van der Waals surface area (Å²) < 4.78 is 15.2. The highest BCUT2D eigenvalue weighted by Crippen LogP contribution is 2.38. The fraction of sp³-hybridized carbons (Fsp3) is 0.783. The Kier molecular flexibility index (Phi) is 9.65. The maximum Gasteiger partial charge on any atom is 0.408 e. The maximum absolute atomic E-state index is 12.4. The van der Waals surface area contributed by atoms with Crippen molar-refractivity contribution < 1.29 is 28.4 Å². The molecule has 33 heavy (non-hydrogen) atoms. The van der Waals surface area contributed by atoms with Gasteiger partial charge in [0.2, 0.25) is 17.5 Å². The monoisotopic (exact) mass is 464 g/mol. The van der Waals surface area contributed by atoms with Crippen LogP contribution in [0, 0.1) is 5.92 Å². The Morgan fingerprint density at radius 3 is 2.39 bits per heavy atom. The zero-order chi connectivity index (χ0) is 23.6. The number of hydrogen-bond donors (Lipinski definition) is 1. The molecular formula is C23H36N4O6. The van der Waals surface area contributed by atoms with E-state index in [4.69, 9.17) is 14.0 Å². The lowest BCUT2D eigenvalue weighted by atomic mass is 9.91. The first-order chi connectivity index (χ1) is 16.0. The molecule has 10 nitrogen and oxygen atoms in total. The summed E-state index contributed by atoms with van der Waals surface area (Å²) in [7, 11) is 0. The molecule has 10 heteroatoms. The number of carbonyl (C=O) groups is 3. The van der Waals surface area contributed by atoms with Crippen molar-refractivity contribution in [1.82, 2.24) is 20.4 Å². The van der Waals surface area contributed by atoms with Crippen molar-refractivity contribution in [3.8, 4) is 0 Å². The van der Waals surface area contributed by atoms with Crippen LogP contribution in [0.1, 0.15) is 87.6 Å². The van der Waals surface area contributed by atoms with Gasteiger partial charge in [-0.05, 0) is 25.2 Å². The van der Waals surface area contributed by atoms with Crippen LogP contribution in [0.5, 0.6) is 0 Å². The molecule has 0 aromatic carbocycles. The molecule has 1 aromatic rings. The van der Waals surface area contributed by atoms with Crippen LogP contribution in [0.4, 0.5) is 4.79 Å². The van der Waals surface area contributed by atoms with E-state index in [2.05, 4.69) is 22.4 Å². The predicted molar refractivity (Wildman–Crippen MR) is 119 cm³/mol. The van der Waals surface area contributed by atoms with Crippen LogP contribution >= 0.6 is 0 Å². The average Bonchev–Trinajstić information content (AvgIpc) is 3.58. The van der Waals surface area contributed by atoms with Gasteiger partial charge < -0.3 is 24.2 Å². The van der Waals surface area contributed by atoms with E-state index in [0.29, 0.717) is 38.6 Å². The molecular weight excluding hydrogens is 428 g/mol. The standard InChI is InChI=1S/C16H22N4O6.C7H14/c1-2-11(13(22)14-18-15(26-19-14)10-3-4-10)17-16(23)25-9-12(21)20-5-7-24-8-6-20;1-7-5-3-2-4-6-7/h10-11H,2-9H2,1H3,(H,17,23);7H,2-6H2,1H3/t11-;/m0./s1. The maximum atomic E-state index is 12.4. The first-order valence-electron chi connectivity index (χ1n) is 12.1. The van der Waals surface area contributed by atoms with Gasteiger partial charge >= 0.3 is 6.09 Å². The second-order valence-electron chi connectivity index (χ2n) is 9.01. The molecule has 1 N–H and O–H groups in total. The van der Waals surface area contributed by atoms with Crippen molar-refractivity contribution in [2.24, 2.45) is 5.92 Å². The topological polar surface area (TPSA) is 124 Å². The number of alkyl carbamates (subject to hydrolysis) is 1. The summed E-state index contributed by atoms with van der Waals surface area (Å²) in [6.45, 7) is 5.60. The van der Waals surface area contributed by atoms with Crippen LogP contribution in [0.25, 0.3) is 0 Å². The zero-order valence-electron chi connectivity index (χ0n) is 19.7. The molecule has 4 rings (SSSR count). The number of rotatable bonds is 7. The summed E-state index contributed by atoms with van der Waals surface area (Å²) >= 11 is 0. The SMILES string of the molecule is CC1CCCCC1.CC[C@H](NC(=O)OCC(=O)N1CCOCC1)C(=O)c1noc(C2CC2)n1. The van der Waals surface area contributed by atoms with Crippen molar-refractivity contribution in [3.63, 3.8) is 0 Å². The van der Waals surface area contributed by atoms with Crippen molar-refractivity contribution in [3.05, 3.63) is 11.7 Å². The first kappa shape index (κ1) is 25.1. The lowest BCUT2D eigenvalue weighted by Crippen LogP contribution is -2.45. The van der Waals surface area contributed by atoms with Crippen molar-refractivity contribution in [1.29, 1.82) is 0 Å². The molecule has 2 heterocycles. The van der Waals surface area contributed by atoms with E-state index in [1.54, 1.807) is 11.8 Å². The first-order valence-corrected chi connectivity index (χ1v) is 12.1. The minimum absolute atomic E-state index is 0.0524. The summed E-state index contributed by atoms with van der Waals surface area (Å²) in [5, 5.41) is 6.14. The second-order valence-corrected chi connectivity index (χ2v) is 9.01. The molecule has 1 aromatic heterocycles. The van der Waals surface area contributed by atoms with Gasteiger partial charge in [-0.1, -0.05) is 51.1 Å². The number of nitrogens with one attached hydrogen (secondary N) is 1. The number of ether oxygens (including phenoxy) is 2. The molecule has 3 aliphatic rings. The number of morpholine rings is 1. The molecule has 0 bridgehead atoms. The molecule has 2 aliphatic carbocycles. The predicted octanol–water partition coefficient (Wildman–Crippen LogP) is 3.08. The normalized spacial score (nSPS) is 19.8. The minimum Gasteiger partial charge on any atom is -0.439 e. The third kappa shape index (κ3) is 8.10. The minimum atomic E-state index is -0.842. The molecule has 1 saturated heterocycles. The number of carbonyl (C=O) groups excluding carboxylic acids is 3. The van der Waals surface area contributed by atoms with Crippen LogP contribution < -0.4 is 5.32 Å². The summed E-state index contributed by atoms with van der Waals surface area (Å²) in [6.07, 6.45) is 8.90. The highest BCUT2D eigenvalue weighted by Gasteiger charge is 2.32. The van der Waals surface area contributed by atoms with Gasteiger partial charge in [-0.25, -0.2) is 4.79 Å². The zero-order valence-corrected chi connectivity index (χ0v) is 19.7.